The van der Waals surface area contributed by atoms with E-state index in [0.717, 1.165) is 10.5 Å². The number of fused-ring (bicyclic) bond motifs is 4. The maximum absolute atomic E-state index is 14.3. The molecular formula is C37H32N2O8. The molecule has 0 unspecified atom stereocenters. The molecule has 10 heteroatoms. The Bertz CT molecular complexity index is 1910. The van der Waals surface area contributed by atoms with Gasteiger partial charge in [0.25, 0.3) is 0 Å². The summed E-state index contributed by atoms with van der Waals surface area (Å²) >= 11 is 0. The highest BCUT2D eigenvalue weighted by Gasteiger charge is 2.62. The van der Waals surface area contributed by atoms with E-state index < -0.39 is 53.2 Å². The summed E-state index contributed by atoms with van der Waals surface area (Å²) in [5.41, 5.74) is 2.78. The summed E-state index contributed by atoms with van der Waals surface area (Å²) in [5, 5.41) is 11.2. The number of benzene rings is 3. The van der Waals surface area contributed by atoms with Crippen LogP contribution in [0.2, 0.25) is 0 Å². The van der Waals surface area contributed by atoms with Crippen molar-refractivity contribution in [3.8, 4) is 11.5 Å². The standard InChI is InChI=1S/C37H32N2O8/c1-18(40)20-4-8-22(9-5-20)38-34(43)27-15-14-25-28(32(27)36(38)45)17-29-33(31(25)26-13-12-24(47-3)16-30(26)42)37(46)39(35(29)44)23-10-6-21(7-11-23)19(2)41/h4-14,16,27-29,31-33,42H,15,17H2,1-3H3/t27-,28+,29+,31+,32-,33+/m0/s1. The maximum atomic E-state index is 14.3. The van der Waals surface area contributed by atoms with Crippen LogP contribution in [-0.4, -0.2) is 47.4 Å². The van der Waals surface area contributed by atoms with Gasteiger partial charge in [-0.05, 0) is 87.2 Å². The predicted molar refractivity (Wildman–Crippen MR) is 170 cm³/mol. The van der Waals surface area contributed by atoms with E-state index in [9.17, 15) is 33.9 Å². The van der Waals surface area contributed by atoms with Crippen LogP contribution >= 0.6 is 0 Å². The van der Waals surface area contributed by atoms with Gasteiger partial charge in [-0.1, -0.05) is 17.7 Å². The van der Waals surface area contributed by atoms with Gasteiger partial charge < -0.3 is 9.84 Å². The molecule has 0 radical (unpaired) electrons. The zero-order valence-corrected chi connectivity index (χ0v) is 26.0. The summed E-state index contributed by atoms with van der Waals surface area (Å²) < 4.78 is 5.29. The number of methoxy groups -OCH3 is 1. The number of anilines is 2. The Morgan fingerprint density at radius 2 is 1.23 bits per heavy atom. The topological polar surface area (TPSA) is 138 Å². The fourth-order valence-electron chi connectivity index (χ4n) is 8.05. The molecule has 0 bridgehead atoms. The van der Waals surface area contributed by atoms with E-state index in [0.29, 0.717) is 33.8 Å². The van der Waals surface area contributed by atoms with Crippen LogP contribution in [0.4, 0.5) is 11.4 Å². The van der Waals surface area contributed by atoms with Crippen molar-refractivity contribution in [2.75, 3.05) is 16.9 Å². The molecule has 6 atom stereocenters. The second-order valence-electron chi connectivity index (χ2n) is 12.7. The van der Waals surface area contributed by atoms with Crippen LogP contribution in [0.1, 0.15) is 58.9 Å². The lowest BCUT2D eigenvalue weighted by atomic mass is 9.57. The minimum atomic E-state index is -0.865. The molecule has 0 spiro atoms. The van der Waals surface area contributed by atoms with Crippen molar-refractivity contribution < 1.29 is 38.6 Å². The third-order valence-corrected chi connectivity index (χ3v) is 10.3. The number of amides is 4. The minimum Gasteiger partial charge on any atom is -0.508 e. The largest absolute Gasteiger partial charge is 0.508 e. The first-order valence-corrected chi connectivity index (χ1v) is 15.6. The molecule has 0 aromatic heterocycles. The Hall–Kier alpha value is -5.38. The number of phenols is 1. The number of carbonyl (C=O) groups is 6. The number of Topliss-reactive ketones (excluding diaryl/α,β-unsaturated/α-hetero) is 2. The molecule has 4 amide bonds. The second kappa shape index (κ2) is 11.2. The maximum Gasteiger partial charge on any atom is 0.238 e. The lowest BCUT2D eigenvalue weighted by Gasteiger charge is -2.44. The molecule has 3 aromatic carbocycles. The number of hydrogen-bond acceptors (Lipinski definition) is 8. The molecule has 2 aliphatic heterocycles. The first-order chi connectivity index (χ1) is 22.5. The van der Waals surface area contributed by atoms with Gasteiger partial charge in [0.1, 0.15) is 11.5 Å². The van der Waals surface area contributed by atoms with E-state index in [4.69, 9.17) is 4.74 Å². The van der Waals surface area contributed by atoms with Crippen LogP contribution in [0.3, 0.4) is 0 Å². The number of aromatic hydroxyl groups is 1. The predicted octanol–water partition coefficient (Wildman–Crippen LogP) is 4.85. The summed E-state index contributed by atoms with van der Waals surface area (Å²) in [7, 11) is 1.47. The molecule has 3 aromatic rings. The smallest absolute Gasteiger partial charge is 0.238 e. The van der Waals surface area contributed by atoms with Crippen LogP contribution in [0.25, 0.3) is 0 Å². The van der Waals surface area contributed by atoms with E-state index in [-0.39, 0.29) is 36.1 Å². The summed E-state index contributed by atoms with van der Waals surface area (Å²) in [6, 6.07) is 17.4. The van der Waals surface area contributed by atoms with Gasteiger partial charge in [-0.25, -0.2) is 0 Å². The molecule has 3 fully saturated rings. The van der Waals surface area contributed by atoms with Crippen LogP contribution in [-0.2, 0) is 19.2 Å². The number of rotatable bonds is 6. The van der Waals surface area contributed by atoms with Gasteiger partial charge in [0.2, 0.25) is 23.6 Å². The van der Waals surface area contributed by atoms with Crippen molar-refractivity contribution in [1.82, 2.24) is 0 Å². The summed E-state index contributed by atoms with van der Waals surface area (Å²) in [6.45, 7) is 2.87. The summed E-state index contributed by atoms with van der Waals surface area (Å²) in [4.78, 5) is 82.4. The Kier molecular flexibility index (Phi) is 7.18. The quantitative estimate of drug-likeness (QED) is 0.231. The third-order valence-electron chi connectivity index (χ3n) is 10.3. The molecular weight excluding hydrogens is 600 g/mol. The van der Waals surface area contributed by atoms with Crippen LogP contribution < -0.4 is 14.5 Å². The molecule has 10 nitrogen and oxygen atoms in total. The van der Waals surface area contributed by atoms with E-state index in [1.54, 1.807) is 60.7 Å². The fraction of sp³-hybridized carbons (Fsp3) is 0.297. The lowest BCUT2D eigenvalue weighted by molar-refractivity contribution is -0.126. The van der Waals surface area contributed by atoms with E-state index in [1.807, 2.05) is 6.08 Å². The van der Waals surface area contributed by atoms with E-state index in [1.165, 1.54) is 31.9 Å². The highest BCUT2D eigenvalue weighted by molar-refractivity contribution is 6.24. The van der Waals surface area contributed by atoms with E-state index >= 15 is 0 Å². The number of imide groups is 2. The molecule has 2 heterocycles. The first kappa shape index (κ1) is 30.3. The van der Waals surface area contributed by atoms with Gasteiger partial charge in [0.05, 0.1) is 42.2 Å². The number of allylic oxidation sites excluding steroid dienone is 2. The van der Waals surface area contributed by atoms with Gasteiger partial charge in [0.15, 0.2) is 11.6 Å². The number of phenolic OH excluding ortho intramolecular Hbond substituents is 1. The summed E-state index contributed by atoms with van der Waals surface area (Å²) in [6.07, 6.45) is 2.34. The molecule has 2 saturated heterocycles. The van der Waals surface area contributed by atoms with Crippen LogP contribution in [0.5, 0.6) is 11.5 Å². The number of ether oxygens (including phenoxy) is 1. The highest BCUT2D eigenvalue weighted by Crippen LogP contribution is 2.59. The number of carbonyl (C=O) groups excluding carboxylic acids is 6. The first-order valence-electron chi connectivity index (χ1n) is 15.6. The monoisotopic (exact) mass is 632 g/mol. The molecule has 7 rings (SSSR count). The van der Waals surface area contributed by atoms with Crippen LogP contribution in [0.15, 0.2) is 78.4 Å². The molecule has 2 aliphatic carbocycles. The normalized spacial score (nSPS) is 26.5. The van der Waals surface area contributed by atoms with Crippen molar-refractivity contribution in [1.29, 1.82) is 0 Å². The van der Waals surface area contributed by atoms with Crippen molar-refractivity contribution in [2.45, 2.75) is 32.6 Å². The summed E-state index contributed by atoms with van der Waals surface area (Å²) in [5.74, 6) is -5.99. The molecule has 4 aliphatic rings. The Morgan fingerprint density at radius 3 is 1.74 bits per heavy atom. The third kappa shape index (κ3) is 4.61. The Morgan fingerprint density at radius 1 is 0.702 bits per heavy atom. The zero-order valence-electron chi connectivity index (χ0n) is 26.0. The minimum absolute atomic E-state index is 0.109. The van der Waals surface area contributed by atoms with Gasteiger partial charge in [-0.3, -0.25) is 38.6 Å². The number of nitrogens with zero attached hydrogens (tertiary/aromatic N) is 2. The van der Waals surface area contributed by atoms with Crippen molar-refractivity contribution >= 4 is 46.6 Å². The lowest BCUT2D eigenvalue weighted by Crippen LogP contribution is -2.43. The van der Waals surface area contributed by atoms with Crippen LogP contribution in [0, 0.1) is 29.6 Å². The van der Waals surface area contributed by atoms with Gasteiger partial charge >= 0.3 is 0 Å². The van der Waals surface area contributed by atoms with E-state index in [2.05, 4.69) is 0 Å². The fourth-order valence-corrected chi connectivity index (χ4v) is 8.05. The average Bonchev–Trinajstić information content (AvgIpc) is 3.47. The second-order valence-corrected chi connectivity index (χ2v) is 12.7. The molecule has 1 saturated carbocycles. The molecule has 238 valence electrons. The molecule has 47 heavy (non-hydrogen) atoms. The highest BCUT2D eigenvalue weighted by atomic mass is 16.5. The number of hydrogen-bond donors (Lipinski definition) is 1. The zero-order chi connectivity index (χ0) is 33.3. The van der Waals surface area contributed by atoms with Gasteiger partial charge in [-0.2, -0.15) is 0 Å². The van der Waals surface area contributed by atoms with Crippen molar-refractivity contribution in [3.63, 3.8) is 0 Å². The van der Waals surface area contributed by atoms with Gasteiger partial charge in [0, 0.05) is 28.7 Å². The van der Waals surface area contributed by atoms with Crippen molar-refractivity contribution in [2.24, 2.45) is 29.6 Å². The average molecular weight is 633 g/mol. The van der Waals surface area contributed by atoms with Crippen molar-refractivity contribution in [3.05, 3.63) is 95.1 Å². The molecule has 1 N–H and O–H groups in total. The Balaban J connectivity index is 1.31. The Labute approximate surface area is 270 Å². The van der Waals surface area contributed by atoms with Gasteiger partial charge in [-0.15, -0.1) is 0 Å². The SMILES string of the molecule is COc1ccc([C@H]2C3=CC[C@@H]4C(=O)N(c5ccc(C(C)=O)cc5)C(=O)[C@@H]4[C@@H]3C[C@H]3C(=O)N(c4ccc(C(C)=O)cc4)C(=O)[C@@H]23)c(O)c1. The number of ketones is 2.